The lowest BCUT2D eigenvalue weighted by Gasteiger charge is -2.31. The second-order valence-corrected chi connectivity index (χ2v) is 5.25. The molecule has 22 heavy (non-hydrogen) atoms. The molecular formula is C18H18O4. The lowest BCUT2D eigenvalue weighted by molar-refractivity contribution is -0.134. The summed E-state index contributed by atoms with van der Waals surface area (Å²) in [5.74, 6) is -0.575. The fraction of sp³-hybridized carbons (Fsp3) is 0.222. The van der Waals surface area contributed by atoms with Crippen molar-refractivity contribution in [3.8, 4) is 0 Å². The van der Waals surface area contributed by atoms with Crippen molar-refractivity contribution in [3.05, 3.63) is 70.8 Å². The highest BCUT2D eigenvalue weighted by molar-refractivity contribution is 6.08. The van der Waals surface area contributed by atoms with Crippen LogP contribution in [-0.4, -0.2) is 24.0 Å². The van der Waals surface area contributed by atoms with Crippen molar-refractivity contribution in [2.24, 2.45) is 0 Å². The summed E-state index contributed by atoms with van der Waals surface area (Å²) >= 11 is 0. The van der Waals surface area contributed by atoms with Crippen molar-refractivity contribution in [1.82, 2.24) is 0 Å². The Hall–Kier alpha value is -2.46. The van der Waals surface area contributed by atoms with E-state index in [1.54, 1.807) is 50.3 Å². The molecule has 0 aromatic heterocycles. The first-order valence-corrected chi connectivity index (χ1v) is 6.89. The SMILES string of the molecule is COC(=O)/C=C(C)\C=C\C1(O)C(C)=CC(=O)c2ccccc21. The standard InChI is InChI=1S/C18H18O4/c1-12(10-17(20)22-3)8-9-18(21)13(2)11-16(19)14-6-4-5-7-15(14)18/h4-11,21H,1-3H3/b9-8+,12-10-. The predicted molar refractivity (Wildman–Crippen MR) is 83.3 cm³/mol. The van der Waals surface area contributed by atoms with Crippen molar-refractivity contribution < 1.29 is 19.4 Å². The molecule has 0 amide bonds. The monoisotopic (exact) mass is 298 g/mol. The number of carbonyl (C=O) groups is 2. The second kappa shape index (κ2) is 6.12. The highest BCUT2D eigenvalue weighted by atomic mass is 16.5. The Balaban J connectivity index is 2.44. The van der Waals surface area contributed by atoms with Crippen LogP contribution in [0.3, 0.4) is 0 Å². The maximum atomic E-state index is 12.0. The number of allylic oxidation sites excluding steroid dienone is 3. The zero-order valence-electron chi connectivity index (χ0n) is 12.8. The molecule has 0 aliphatic heterocycles. The first-order chi connectivity index (χ1) is 10.4. The molecule has 1 N–H and O–H groups in total. The largest absolute Gasteiger partial charge is 0.466 e. The number of ketones is 1. The summed E-state index contributed by atoms with van der Waals surface area (Å²) in [5, 5.41) is 11.0. The number of rotatable bonds is 3. The molecule has 1 aliphatic rings. The van der Waals surface area contributed by atoms with Gasteiger partial charge in [-0.05, 0) is 37.1 Å². The molecule has 1 aromatic carbocycles. The third-order valence-electron chi connectivity index (χ3n) is 3.69. The minimum absolute atomic E-state index is 0.118. The number of carbonyl (C=O) groups excluding carboxylic acids is 2. The van der Waals surface area contributed by atoms with E-state index >= 15 is 0 Å². The Morgan fingerprint density at radius 2 is 2.00 bits per heavy atom. The van der Waals surface area contributed by atoms with E-state index in [1.165, 1.54) is 19.3 Å². The predicted octanol–water partition coefficient (Wildman–Crippen LogP) is 2.69. The molecule has 0 bridgehead atoms. The molecule has 0 saturated heterocycles. The van der Waals surface area contributed by atoms with E-state index < -0.39 is 11.6 Å². The van der Waals surface area contributed by atoms with Gasteiger partial charge in [0, 0.05) is 17.2 Å². The Bertz CT molecular complexity index is 710. The lowest BCUT2D eigenvalue weighted by atomic mass is 9.78. The van der Waals surface area contributed by atoms with Gasteiger partial charge in [-0.3, -0.25) is 4.79 Å². The van der Waals surface area contributed by atoms with Crippen molar-refractivity contribution in [2.45, 2.75) is 19.4 Å². The van der Waals surface area contributed by atoms with Crippen LogP contribution in [0, 0.1) is 0 Å². The normalized spacial score (nSPS) is 21.5. The third kappa shape index (κ3) is 2.92. The summed E-state index contributed by atoms with van der Waals surface area (Å²) in [5.41, 5.74) is 0.841. The van der Waals surface area contributed by atoms with Gasteiger partial charge in [0.2, 0.25) is 0 Å². The highest BCUT2D eigenvalue weighted by Gasteiger charge is 2.35. The first kappa shape index (κ1) is 15.9. The third-order valence-corrected chi connectivity index (χ3v) is 3.69. The van der Waals surface area contributed by atoms with E-state index in [1.807, 2.05) is 0 Å². The van der Waals surface area contributed by atoms with Crippen LogP contribution in [0.4, 0.5) is 0 Å². The number of methoxy groups -OCH3 is 1. The van der Waals surface area contributed by atoms with Gasteiger partial charge in [-0.2, -0.15) is 0 Å². The highest BCUT2D eigenvalue weighted by Crippen LogP contribution is 2.37. The first-order valence-electron chi connectivity index (χ1n) is 6.89. The Morgan fingerprint density at radius 1 is 1.32 bits per heavy atom. The molecule has 114 valence electrons. The molecule has 0 spiro atoms. The average molecular weight is 298 g/mol. The number of benzene rings is 1. The number of aliphatic hydroxyl groups is 1. The van der Waals surface area contributed by atoms with E-state index in [2.05, 4.69) is 4.74 Å². The van der Waals surface area contributed by atoms with Crippen molar-refractivity contribution in [1.29, 1.82) is 0 Å². The molecular weight excluding hydrogens is 280 g/mol. The summed E-state index contributed by atoms with van der Waals surface area (Å²) in [7, 11) is 1.30. The number of fused-ring (bicyclic) bond motifs is 1. The fourth-order valence-electron chi connectivity index (χ4n) is 2.39. The average Bonchev–Trinajstić information content (AvgIpc) is 2.51. The molecule has 0 heterocycles. The second-order valence-electron chi connectivity index (χ2n) is 5.25. The quantitative estimate of drug-likeness (QED) is 0.529. The van der Waals surface area contributed by atoms with Crippen LogP contribution in [0.25, 0.3) is 0 Å². The van der Waals surface area contributed by atoms with Gasteiger partial charge in [0.1, 0.15) is 5.60 Å². The molecule has 0 saturated carbocycles. The van der Waals surface area contributed by atoms with Crippen LogP contribution in [0.15, 0.2) is 59.7 Å². The Labute approximate surface area is 129 Å². The molecule has 4 heteroatoms. The zero-order valence-corrected chi connectivity index (χ0v) is 12.8. The zero-order chi connectivity index (χ0) is 16.3. The molecule has 0 radical (unpaired) electrons. The van der Waals surface area contributed by atoms with E-state index in [9.17, 15) is 14.7 Å². The summed E-state index contributed by atoms with van der Waals surface area (Å²) in [6.07, 6.45) is 5.99. The molecule has 0 fully saturated rings. The number of ether oxygens (including phenoxy) is 1. The number of hydrogen-bond acceptors (Lipinski definition) is 4. The molecule has 4 nitrogen and oxygen atoms in total. The van der Waals surface area contributed by atoms with E-state index in [0.29, 0.717) is 22.3 Å². The van der Waals surface area contributed by atoms with E-state index in [-0.39, 0.29) is 5.78 Å². The fourth-order valence-corrected chi connectivity index (χ4v) is 2.39. The maximum Gasteiger partial charge on any atom is 0.330 e. The summed E-state index contributed by atoms with van der Waals surface area (Å²) in [6.45, 7) is 3.44. The smallest absolute Gasteiger partial charge is 0.330 e. The van der Waals surface area contributed by atoms with Crippen molar-refractivity contribution >= 4 is 11.8 Å². The van der Waals surface area contributed by atoms with E-state index in [4.69, 9.17) is 0 Å². The summed E-state index contributed by atoms with van der Waals surface area (Å²) in [4.78, 5) is 23.2. The van der Waals surface area contributed by atoms with E-state index in [0.717, 1.165) is 0 Å². The van der Waals surface area contributed by atoms with Gasteiger partial charge in [0.05, 0.1) is 7.11 Å². The summed E-state index contributed by atoms with van der Waals surface area (Å²) in [6, 6.07) is 6.96. The van der Waals surface area contributed by atoms with Crippen LogP contribution >= 0.6 is 0 Å². The van der Waals surface area contributed by atoms with Crippen LogP contribution < -0.4 is 0 Å². The van der Waals surface area contributed by atoms with Crippen LogP contribution in [-0.2, 0) is 15.1 Å². The molecule has 1 aliphatic carbocycles. The Morgan fingerprint density at radius 3 is 2.68 bits per heavy atom. The van der Waals surface area contributed by atoms with Gasteiger partial charge in [-0.15, -0.1) is 0 Å². The van der Waals surface area contributed by atoms with Gasteiger partial charge in [-0.25, -0.2) is 4.79 Å². The minimum Gasteiger partial charge on any atom is -0.466 e. The number of esters is 1. The van der Waals surface area contributed by atoms with Crippen LogP contribution in [0.5, 0.6) is 0 Å². The topological polar surface area (TPSA) is 63.6 Å². The van der Waals surface area contributed by atoms with Gasteiger partial charge < -0.3 is 9.84 Å². The van der Waals surface area contributed by atoms with Gasteiger partial charge in [0.15, 0.2) is 5.78 Å². The van der Waals surface area contributed by atoms with Gasteiger partial charge in [-0.1, -0.05) is 30.3 Å². The van der Waals surface area contributed by atoms with Crippen molar-refractivity contribution in [2.75, 3.05) is 7.11 Å². The van der Waals surface area contributed by atoms with Gasteiger partial charge in [0.25, 0.3) is 0 Å². The Kier molecular flexibility index (Phi) is 4.43. The molecule has 1 atom stereocenters. The van der Waals surface area contributed by atoms with Crippen molar-refractivity contribution in [3.63, 3.8) is 0 Å². The molecule has 1 unspecified atom stereocenters. The van der Waals surface area contributed by atoms with Gasteiger partial charge >= 0.3 is 5.97 Å². The van der Waals surface area contributed by atoms with Crippen LogP contribution in [0.2, 0.25) is 0 Å². The number of hydrogen-bond donors (Lipinski definition) is 1. The summed E-state index contributed by atoms with van der Waals surface area (Å²) < 4.78 is 4.56. The molecule has 2 rings (SSSR count). The van der Waals surface area contributed by atoms with Crippen LogP contribution in [0.1, 0.15) is 29.8 Å². The minimum atomic E-state index is -1.37. The maximum absolute atomic E-state index is 12.0. The lowest BCUT2D eigenvalue weighted by Crippen LogP contribution is -2.31. The molecule has 1 aromatic rings.